The number of hydrogen-bond acceptors (Lipinski definition) is 7. The average molecular weight is 675 g/mol. The topological polar surface area (TPSA) is 76.4 Å². The van der Waals surface area contributed by atoms with Crippen molar-refractivity contribution in [3.05, 3.63) is 82.9 Å². The number of thioether (sulfide) groups is 1. The van der Waals surface area contributed by atoms with Gasteiger partial charge in [0.2, 0.25) is 0 Å². The lowest BCUT2D eigenvalue weighted by Gasteiger charge is -2.50. The van der Waals surface area contributed by atoms with Crippen LogP contribution in [0.1, 0.15) is 80.5 Å². The number of anilines is 1. The Morgan fingerprint density at radius 3 is 2.04 bits per heavy atom. The van der Waals surface area contributed by atoms with Crippen molar-refractivity contribution in [3.8, 4) is 11.5 Å². The smallest absolute Gasteiger partial charge is 0.143 e. The Kier molecular flexibility index (Phi) is 11.0. The molecule has 0 amide bonds. The molecule has 4 heterocycles. The summed E-state index contributed by atoms with van der Waals surface area (Å²) in [5.41, 5.74) is 3.34. The second kappa shape index (κ2) is 15.0. The minimum atomic E-state index is -0.882. The van der Waals surface area contributed by atoms with Gasteiger partial charge in [-0.15, -0.1) is 0 Å². The summed E-state index contributed by atoms with van der Waals surface area (Å²) in [4.78, 5) is 5.31. The van der Waals surface area contributed by atoms with Crippen molar-refractivity contribution in [2.75, 3.05) is 58.3 Å². The van der Waals surface area contributed by atoms with Crippen molar-refractivity contribution in [1.29, 1.82) is 0 Å². The zero-order chi connectivity index (χ0) is 33.9. The number of phenolic OH excluding ortho intramolecular Hbond substituents is 1. The molecule has 0 radical (unpaired) electrons. The number of unbranched alkanes of at least 4 members (excludes halogenated alkanes) is 2. The number of phenols is 1. The van der Waals surface area contributed by atoms with Crippen LogP contribution in [0.15, 0.2) is 65.6 Å². The lowest BCUT2D eigenvalue weighted by molar-refractivity contribution is -0.953. The second-order valence-electron chi connectivity index (χ2n) is 14.8. The van der Waals surface area contributed by atoms with Crippen LogP contribution in [0, 0.1) is 5.41 Å². The van der Waals surface area contributed by atoms with E-state index >= 15 is 0 Å². The lowest BCUT2D eigenvalue weighted by Crippen LogP contribution is -2.66. The predicted molar refractivity (Wildman–Crippen MR) is 196 cm³/mol. The largest absolute Gasteiger partial charge is 0.505 e. The summed E-state index contributed by atoms with van der Waals surface area (Å²) in [6, 6.07) is 20.8. The van der Waals surface area contributed by atoms with E-state index in [0.717, 1.165) is 66.8 Å². The van der Waals surface area contributed by atoms with E-state index in [-0.39, 0.29) is 5.75 Å². The molecule has 4 aliphatic rings. The number of aromatic hydroxyl groups is 1. The summed E-state index contributed by atoms with van der Waals surface area (Å²) >= 11 is 1.39. The van der Waals surface area contributed by atoms with Gasteiger partial charge in [-0.1, -0.05) is 87.7 Å². The molecule has 260 valence electrons. The van der Waals surface area contributed by atoms with Gasteiger partial charge in [-0.25, -0.2) is 0 Å². The molecule has 0 saturated carbocycles. The Bertz CT molecular complexity index is 1480. The third-order valence-corrected chi connectivity index (χ3v) is 12.7. The van der Waals surface area contributed by atoms with E-state index in [1.807, 2.05) is 55.4 Å². The van der Waals surface area contributed by atoms with Gasteiger partial charge in [0.25, 0.3) is 0 Å². The van der Waals surface area contributed by atoms with Gasteiger partial charge in [-0.2, -0.15) is 0 Å². The van der Waals surface area contributed by atoms with Crippen molar-refractivity contribution >= 4 is 17.4 Å². The molecule has 3 aromatic carbocycles. The SMILES string of the molecule is CCCCC1(CCCC)C(O)Sc2ccc(N(C)C)c(O)c2C(c2ccc(OCc3ccc(C[N+]45CCN(CC4)CC5)cc3)cc2)C1O. The molecule has 3 unspecified atom stereocenters. The van der Waals surface area contributed by atoms with Crippen LogP contribution in [0.25, 0.3) is 0 Å². The van der Waals surface area contributed by atoms with E-state index in [2.05, 4.69) is 43.0 Å². The van der Waals surface area contributed by atoms with Crippen LogP contribution in [-0.2, 0) is 13.2 Å². The molecule has 0 aliphatic carbocycles. The van der Waals surface area contributed by atoms with Crippen LogP contribution in [0.2, 0.25) is 0 Å². The highest BCUT2D eigenvalue weighted by Gasteiger charge is 2.51. The van der Waals surface area contributed by atoms with Gasteiger partial charge in [-0.3, -0.25) is 4.90 Å². The van der Waals surface area contributed by atoms with Gasteiger partial charge in [-0.05, 0) is 48.2 Å². The summed E-state index contributed by atoms with van der Waals surface area (Å²) in [6.07, 6.45) is 4.38. The number of quaternary nitrogens is 1. The molecular formula is C40H56N3O4S+. The molecule has 2 bridgehead atoms. The van der Waals surface area contributed by atoms with E-state index in [4.69, 9.17) is 4.74 Å². The summed E-state index contributed by atoms with van der Waals surface area (Å²) < 4.78 is 7.48. The first-order valence-corrected chi connectivity index (χ1v) is 19.0. The second-order valence-corrected chi connectivity index (χ2v) is 15.9. The number of hydrogen-bond donors (Lipinski definition) is 3. The minimum Gasteiger partial charge on any atom is -0.505 e. The first-order chi connectivity index (χ1) is 23.2. The number of nitrogens with zero attached hydrogens (tertiary/aromatic N) is 3. The van der Waals surface area contributed by atoms with Crippen LogP contribution >= 0.6 is 11.8 Å². The van der Waals surface area contributed by atoms with Gasteiger partial charge in [0.1, 0.15) is 30.1 Å². The van der Waals surface area contributed by atoms with Crippen LogP contribution < -0.4 is 9.64 Å². The number of aliphatic hydroxyl groups is 2. The number of benzene rings is 3. The number of rotatable bonds is 13. The highest BCUT2D eigenvalue weighted by molar-refractivity contribution is 7.99. The maximum atomic E-state index is 12.5. The highest BCUT2D eigenvalue weighted by atomic mass is 32.2. The highest BCUT2D eigenvalue weighted by Crippen LogP contribution is 2.57. The van der Waals surface area contributed by atoms with Gasteiger partial charge >= 0.3 is 0 Å². The Hall–Kier alpha value is -2.75. The fraction of sp³-hybridized carbons (Fsp3) is 0.550. The van der Waals surface area contributed by atoms with E-state index in [1.54, 1.807) is 0 Å². The van der Waals surface area contributed by atoms with E-state index in [0.29, 0.717) is 17.9 Å². The average Bonchev–Trinajstić information content (AvgIpc) is 3.19. The van der Waals surface area contributed by atoms with Gasteiger partial charge in [0.15, 0.2) is 0 Å². The number of ether oxygens (including phenoxy) is 1. The Labute approximate surface area is 292 Å². The normalized spacial score (nSPS) is 26.1. The summed E-state index contributed by atoms with van der Waals surface area (Å²) in [5.74, 6) is 0.424. The molecule has 0 spiro atoms. The molecule has 4 aliphatic heterocycles. The standard InChI is InChI=1S/C40H55N3O4S/c1-5-7-19-40(20-8-6-2)38(45)35(36-34(48-39(40)46)18-17-33(37(36)44)41(3)4)31-13-15-32(16-14-31)47-28-30-11-9-29(10-12-30)27-43-24-21-42(22-25-43)23-26-43/h9-18,35,38-39,45-46H,5-8,19-28H2,1-4H3/p+1. The molecule has 0 aromatic heterocycles. The van der Waals surface area contributed by atoms with Crippen molar-refractivity contribution in [3.63, 3.8) is 0 Å². The van der Waals surface area contributed by atoms with Crippen molar-refractivity contribution < 1.29 is 24.5 Å². The Morgan fingerprint density at radius 2 is 1.46 bits per heavy atom. The van der Waals surface area contributed by atoms with Crippen LogP contribution in [0.4, 0.5) is 5.69 Å². The van der Waals surface area contributed by atoms with Crippen molar-refractivity contribution in [2.45, 2.75) is 87.9 Å². The van der Waals surface area contributed by atoms with Crippen LogP contribution in [0.5, 0.6) is 11.5 Å². The molecule has 7 nitrogen and oxygen atoms in total. The van der Waals surface area contributed by atoms with Crippen molar-refractivity contribution in [2.24, 2.45) is 5.41 Å². The molecule has 3 aromatic rings. The molecule has 3 saturated heterocycles. The van der Waals surface area contributed by atoms with Crippen LogP contribution in [0.3, 0.4) is 0 Å². The van der Waals surface area contributed by atoms with Crippen LogP contribution in [-0.4, -0.2) is 89.6 Å². The van der Waals surface area contributed by atoms with Gasteiger partial charge < -0.3 is 29.4 Å². The molecule has 3 N–H and O–H groups in total. The maximum absolute atomic E-state index is 12.5. The number of fused-ring (bicyclic) bond motifs is 4. The van der Waals surface area contributed by atoms with Gasteiger partial charge in [0.05, 0.1) is 31.4 Å². The summed E-state index contributed by atoms with van der Waals surface area (Å²) in [5, 5.41) is 36.0. The zero-order valence-corrected chi connectivity index (χ0v) is 30.2. The lowest BCUT2D eigenvalue weighted by atomic mass is 9.67. The molecule has 3 atom stereocenters. The molecule has 8 heteroatoms. The van der Waals surface area contributed by atoms with E-state index in [1.165, 1.54) is 61.1 Å². The fourth-order valence-electron chi connectivity index (χ4n) is 8.28. The third kappa shape index (κ3) is 7.10. The first-order valence-electron chi connectivity index (χ1n) is 18.1. The first kappa shape index (κ1) is 35.1. The fourth-order valence-corrected chi connectivity index (χ4v) is 9.63. The van der Waals surface area contributed by atoms with Crippen molar-refractivity contribution in [1.82, 2.24) is 4.90 Å². The molecule has 7 rings (SSSR count). The number of piperazine rings is 3. The van der Waals surface area contributed by atoms with Gasteiger partial charge in [0, 0.05) is 61.1 Å². The summed E-state index contributed by atoms with van der Waals surface area (Å²) in [7, 11) is 3.83. The van der Waals surface area contributed by atoms with E-state index in [9.17, 15) is 15.3 Å². The zero-order valence-electron chi connectivity index (χ0n) is 29.4. The number of aliphatic hydroxyl groups excluding tert-OH is 2. The monoisotopic (exact) mass is 674 g/mol. The molecular weight excluding hydrogens is 619 g/mol. The minimum absolute atomic E-state index is 0.166. The predicted octanol–water partition coefficient (Wildman–Crippen LogP) is 6.97. The maximum Gasteiger partial charge on any atom is 0.143 e. The Balaban J connectivity index is 1.23. The third-order valence-electron chi connectivity index (χ3n) is 11.4. The quantitative estimate of drug-likeness (QED) is 0.169. The summed E-state index contributed by atoms with van der Waals surface area (Å²) in [6.45, 7) is 13.4. The van der Waals surface area contributed by atoms with E-state index < -0.39 is 22.9 Å². The Morgan fingerprint density at radius 1 is 0.854 bits per heavy atom. The molecule has 3 fully saturated rings. The molecule has 48 heavy (non-hydrogen) atoms.